The van der Waals surface area contributed by atoms with Crippen LogP contribution in [0.5, 0.6) is 5.75 Å². The lowest BCUT2D eigenvalue weighted by atomic mass is 9.58. The Morgan fingerprint density at radius 1 is 1.14 bits per heavy atom. The lowest BCUT2D eigenvalue weighted by molar-refractivity contribution is -0.148. The van der Waals surface area contributed by atoms with Crippen molar-refractivity contribution < 1.29 is 48.0 Å². The molecule has 1 aromatic rings. The van der Waals surface area contributed by atoms with Gasteiger partial charge in [0.15, 0.2) is 11.4 Å². The number of fused-ring (bicyclic) bond motifs is 3. The van der Waals surface area contributed by atoms with Crippen LogP contribution in [-0.4, -0.2) is 85.5 Å². The number of aliphatic hydroxyl groups is 3. The van der Waals surface area contributed by atoms with Gasteiger partial charge < -0.3 is 26.2 Å². The monoisotopic (exact) mass is 619 g/mol. The summed E-state index contributed by atoms with van der Waals surface area (Å²) in [4.78, 5) is 42.9. The highest BCUT2D eigenvalue weighted by Crippen LogP contribution is 2.59. The van der Waals surface area contributed by atoms with Crippen LogP contribution >= 0.6 is 0 Å². The van der Waals surface area contributed by atoms with Gasteiger partial charge in [-0.2, -0.15) is 13.2 Å². The highest BCUT2D eigenvalue weighted by Gasteiger charge is 2.64. The van der Waals surface area contributed by atoms with E-state index in [1.165, 1.54) is 19.0 Å². The number of nitrogens with two attached hydrogens (primary N) is 1. The quantitative estimate of drug-likeness (QED) is 0.289. The molecule has 6 rings (SSSR count). The summed E-state index contributed by atoms with van der Waals surface area (Å²) in [6.45, 7) is 2.34. The highest BCUT2D eigenvalue weighted by molar-refractivity contribution is 6.24. The molecule has 0 bridgehead atoms. The Bertz CT molecular complexity index is 1560. The molecule has 5 aliphatic carbocycles. The number of amides is 1. The highest BCUT2D eigenvalue weighted by atomic mass is 19.4. The molecule has 2 saturated carbocycles. The molecule has 4 atom stereocenters. The number of allylic oxidation sites excluding steroid dienone is 1. The molecule has 0 unspecified atom stereocenters. The molecule has 13 heteroatoms. The third-order valence-electron chi connectivity index (χ3n) is 10.6. The van der Waals surface area contributed by atoms with E-state index in [9.17, 15) is 48.0 Å². The van der Waals surface area contributed by atoms with E-state index in [0.717, 1.165) is 31.7 Å². The van der Waals surface area contributed by atoms with Crippen LogP contribution in [0.4, 0.5) is 13.2 Å². The number of hydrogen-bond acceptors (Lipinski definition) is 9. The summed E-state index contributed by atoms with van der Waals surface area (Å²) in [5.41, 5.74) is -1.34. The Hall–Kier alpha value is -3.42. The van der Waals surface area contributed by atoms with Crippen molar-refractivity contribution in [3.8, 4) is 5.75 Å². The van der Waals surface area contributed by atoms with E-state index in [4.69, 9.17) is 5.73 Å². The molecule has 6 N–H and O–H groups in total. The van der Waals surface area contributed by atoms with E-state index in [0.29, 0.717) is 12.5 Å². The SMILES string of the molecule is CCN(Cc1cc(O)c2c(c1C(F)(F)F)C[C@H]1C[C@H]3[C@H](N(C)C)C(O)=C(C(N)=O)C(=O)[C@@]3(O)C(O)=C1C2=O)C1(C2CC2)CC1. The fourth-order valence-corrected chi connectivity index (χ4v) is 8.39. The molecule has 10 nitrogen and oxygen atoms in total. The van der Waals surface area contributed by atoms with E-state index >= 15 is 0 Å². The molecular weight excluding hydrogens is 583 g/mol. The Morgan fingerprint density at radius 2 is 1.77 bits per heavy atom. The number of aromatic hydroxyl groups is 1. The first-order valence-corrected chi connectivity index (χ1v) is 14.8. The number of primary amides is 1. The van der Waals surface area contributed by atoms with Crippen molar-refractivity contribution in [2.24, 2.45) is 23.5 Å². The third-order valence-corrected chi connectivity index (χ3v) is 10.6. The second kappa shape index (κ2) is 9.79. The zero-order valence-corrected chi connectivity index (χ0v) is 24.7. The standard InChI is InChI=1S/C31H36F3N3O7/c1-4-37(29(7-8-29)15-5-6-15)12-14-11-18(38)20-16(22(14)31(32,33)34)9-13-10-17-23(36(2)3)25(40)21(28(35)43)27(42)30(17,44)26(41)19(13)24(20)39/h11,13,15,17,23,38,40-41,44H,4-10,12H2,1-3H3,(H2,35,43)/t13-,17-,23-,30-/m0/s1. The van der Waals surface area contributed by atoms with Crippen LogP contribution in [0.15, 0.2) is 28.7 Å². The Balaban J connectivity index is 1.50. The molecule has 5 aliphatic rings. The third kappa shape index (κ3) is 4.15. The van der Waals surface area contributed by atoms with Crippen LogP contribution in [0.25, 0.3) is 0 Å². The number of carbonyl (C=O) groups excluding carboxylic acids is 3. The van der Waals surface area contributed by atoms with Crippen LogP contribution in [0.3, 0.4) is 0 Å². The Labute approximate surface area is 251 Å². The van der Waals surface area contributed by atoms with Crippen molar-refractivity contribution in [3.63, 3.8) is 0 Å². The second-order valence-electron chi connectivity index (χ2n) is 13.1. The van der Waals surface area contributed by atoms with Gasteiger partial charge in [0, 0.05) is 23.6 Å². The maximum Gasteiger partial charge on any atom is 0.417 e. The summed E-state index contributed by atoms with van der Waals surface area (Å²) >= 11 is 0. The van der Waals surface area contributed by atoms with Crippen molar-refractivity contribution in [1.29, 1.82) is 0 Å². The number of benzene rings is 1. The van der Waals surface area contributed by atoms with Crippen molar-refractivity contribution in [1.82, 2.24) is 9.80 Å². The summed E-state index contributed by atoms with van der Waals surface area (Å²) in [7, 11) is 2.96. The largest absolute Gasteiger partial charge is 0.510 e. The van der Waals surface area contributed by atoms with E-state index in [2.05, 4.69) is 0 Å². The topological polar surface area (TPSA) is 165 Å². The van der Waals surface area contributed by atoms with Gasteiger partial charge in [0.05, 0.1) is 17.2 Å². The number of carbonyl (C=O) groups is 3. The van der Waals surface area contributed by atoms with E-state index in [1.54, 1.807) is 0 Å². The number of ketones is 2. The average Bonchev–Trinajstić information content (AvgIpc) is 3.82. The molecule has 0 radical (unpaired) electrons. The molecule has 44 heavy (non-hydrogen) atoms. The lowest BCUT2D eigenvalue weighted by Crippen LogP contribution is -2.63. The van der Waals surface area contributed by atoms with Gasteiger partial charge in [0.25, 0.3) is 5.91 Å². The summed E-state index contributed by atoms with van der Waals surface area (Å²) in [6.07, 6.45) is -1.75. The molecule has 2 fully saturated rings. The molecule has 1 aromatic carbocycles. The summed E-state index contributed by atoms with van der Waals surface area (Å²) in [5, 5.41) is 45.0. The number of halogens is 3. The molecule has 0 heterocycles. The van der Waals surface area contributed by atoms with Gasteiger partial charge in [0.2, 0.25) is 5.78 Å². The van der Waals surface area contributed by atoms with Gasteiger partial charge >= 0.3 is 6.18 Å². The Kier molecular flexibility index (Phi) is 6.81. The molecule has 0 saturated heterocycles. The lowest BCUT2D eigenvalue weighted by Gasteiger charge is -2.50. The molecule has 0 aromatic heterocycles. The number of Topliss-reactive ketones (excluding diaryl/α,β-unsaturated/α-hetero) is 2. The van der Waals surface area contributed by atoms with Crippen molar-refractivity contribution in [2.75, 3.05) is 20.6 Å². The first-order valence-electron chi connectivity index (χ1n) is 14.8. The minimum atomic E-state index is -4.88. The summed E-state index contributed by atoms with van der Waals surface area (Å²) in [6, 6.07) is -0.277. The fraction of sp³-hybridized carbons (Fsp3) is 0.581. The van der Waals surface area contributed by atoms with E-state index in [-0.39, 0.29) is 24.1 Å². The normalized spacial score (nSPS) is 29.6. The van der Waals surface area contributed by atoms with Crippen LogP contribution < -0.4 is 5.73 Å². The predicted molar refractivity (Wildman–Crippen MR) is 149 cm³/mol. The number of rotatable bonds is 7. The van der Waals surface area contributed by atoms with E-state index in [1.807, 2.05) is 11.8 Å². The summed E-state index contributed by atoms with van der Waals surface area (Å²) in [5.74, 6) is -8.46. The number of likely N-dealkylation sites (N-methyl/N-ethyl adjacent to an activating group) is 1. The number of hydrogen-bond donors (Lipinski definition) is 5. The predicted octanol–water partition coefficient (Wildman–Crippen LogP) is 2.90. The van der Waals surface area contributed by atoms with Gasteiger partial charge in [-0.1, -0.05) is 6.92 Å². The molecule has 1 amide bonds. The number of phenolic OH excluding ortho intramolecular Hbond substituents is 1. The number of aliphatic hydroxyl groups excluding tert-OH is 2. The van der Waals surface area contributed by atoms with Crippen molar-refractivity contribution >= 4 is 17.5 Å². The second-order valence-corrected chi connectivity index (χ2v) is 13.1. The maximum atomic E-state index is 14.9. The van der Waals surface area contributed by atoms with Gasteiger partial charge in [-0.15, -0.1) is 0 Å². The zero-order chi connectivity index (χ0) is 32.3. The zero-order valence-electron chi connectivity index (χ0n) is 24.7. The van der Waals surface area contributed by atoms with Crippen molar-refractivity contribution in [2.45, 2.75) is 75.4 Å². The first kappa shape index (κ1) is 30.6. The average molecular weight is 620 g/mol. The smallest absolute Gasteiger partial charge is 0.417 e. The molecule has 0 aliphatic heterocycles. The van der Waals surface area contributed by atoms with Gasteiger partial charge in [-0.05, 0) is 88.2 Å². The number of alkyl halides is 3. The van der Waals surface area contributed by atoms with Crippen LogP contribution in [0.1, 0.15) is 66.1 Å². The van der Waals surface area contributed by atoms with E-state index < -0.39 is 98.7 Å². The molecule has 238 valence electrons. The molecule has 0 spiro atoms. The minimum absolute atomic E-state index is 0.0658. The van der Waals surface area contributed by atoms with Crippen LogP contribution in [-0.2, 0) is 28.7 Å². The van der Waals surface area contributed by atoms with Crippen molar-refractivity contribution in [3.05, 3.63) is 51.0 Å². The minimum Gasteiger partial charge on any atom is -0.510 e. The number of phenols is 1. The van der Waals surface area contributed by atoms with Gasteiger partial charge in [-0.3, -0.25) is 24.2 Å². The Morgan fingerprint density at radius 3 is 2.27 bits per heavy atom. The first-order chi connectivity index (χ1) is 20.5. The summed E-state index contributed by atoms with van der Waals surface area (Å²) < 4.78 is 44.7. The van der Waals surface area contributed by atoms with Gasteiger partial charge in [-0.25, -0.2) is 0 Å². The molecular formula is C31H36F3N3O7. The van der Waals surface area contributed by atoms with Crippen LogP contribution in [0, 0.1) is 17.8 Å². The maximum absolute atomic E-state index is 14.9. The number of nitrogens with zero attached hydrogens (tertiary/aromatic N) is 2. The van der Waals surface area contributed by atoms with Gasteiger partial charge in [0.1, 0.15) is 22.8 Å². The fourth-order valence-electron chi connectivity index (χ4n) is 8.39. The van der Waals surface area contributed by atoms with Crippen LogP contribution in [0.2, 0.25) is 0 Å².